The van der Waals surface area contributed by atoms with Crippen molar-refractivity contribution in [1.82, 2.24) is 9.80 Å². The molecule has 1 fully saturated rings. The minimum absolute atomic E-state index is 0.0711. The molecule has 0 unspecified atom stereocenters. The Morgan fingerprint density at radius 1 is 0.897 bits per heavy atom. The fourth-order valence-electron chi connectivity index (χ4n) is 3.13. The molecule has 2 aromatic carbocycles. The molecule has 0 atom stereocenters. The predicted molar refractivity (Wildman–Crippen MR) is 113 cm³/mol. The number of carbonyl (C=O) groups is 2. The molecule has 0 aromatic heterocycles. The van der Waals surface area contributed by atoms with Crippen molar-refractivity contribution in [3.05, 3.63) is 64.7 Å². The molecule has 0 aliphatic carbocycles. The average molecular weight is 415 g/mol. The van der Waals surface area contributed by atoms with Crippen LogP contribution >= 0.6 is 11.6 Å². The zero-order valence-corrected chi connectivity index (χ0v) is 17.2. The van der Waals surface area contributed by atoms with E-state index in [9.17, 15) is 9.59 Å². The van der Waals surface area contributed by atoms with Gasteiger partial charge in [0.1, 0.15) is 0 Å². The van der Waals surface area contributed by atoms with Crippen LogP contribution in [0.1, 0.15) is 15.9 Å². The van der Waals surface area contributed by atoms with Crippen molar-refractivity contribution >= 4 is 29.5 Å². The number of piperazine rings is 1. The number of ether oxygens (including phenoxy) is 2. The maximum absolute atomic E-state index is 12.8. The summed E-state index contributed by atoms with van der Waals surface area (Å²) in [7, 11) is 3.09. The number of nitrogens with zero attached hydrogens (tertiary/aromatic N) is 2. The van der Waals surface area contributed by atoms with Gasteiger partial charge in [0.15, 0.2) is 11.5 Å². The molecule has 29 heavy (non-hydrogen) atoms. The number of methoxy groups -OCH3 is 2. The molecule has 0 bridgehead atoms. The summed E-state index contributed by atoms with van der Waals surface area (Å²) in [4.78, 5) is 28.7. The highest BCUT2D eigenvalue weighted by molar-refractivity contribution is 6.30. The number of carbonyl (C=O) groups excluding carboxylic acids is 2. The van der Waals surface area contributed by atoms with Gasteiger partial charge in [0.2, 0.25) is 5.91 Å². The highest BCUT2D eigenvalue weighted by atomic mass is 35.5. The summed E-state index contributed by atoms with van der Waals surface area (Å²) in [6.45, 7) is 1.94. The van der Waals surface area contributed by atoms with Crippen LogP contribution in [-0.2, 0) is 4.79 Å². The molecule has 1 saturated heterocycles. The SMILES string of the molecule is COc1ccc(C(=O)N2CCN(C(=O)/C=C/c3ccc(Cl)cc3)CC2)cc1OC. The normalized spacial score (nSPS) is 14.2. The first kappa shape index (κ1) is 20.7. The van der Waals surface area contributed by atoms with Gasteiger partial charge in [-0.05, 0) is 42.0 Å². The van der Waals surface area contributed by atoms with E-state index < -0.39 is 0 Å². The summed E-state index contributed by atoms with van der Waals surface area (Å²) < 4.78 is 10.5. The largest absolute Gasteiger partial charge is 0.493 e. The topological polar surface area (TPSA) is 59.1 Å². The number of hydrogen-bond donors (Lipinski definition) is 0. The van der Waals surface area contributed by atoms with Gasteiger partial charge in [-0.25, -0.2) is 0 Å². The first-order valence-electron chi connectivity index (χ1n) is 9.25. The predicted octanol–water partition coefficient (Wildman–Crippen LogP) is 3.36. The molecule has 1 aliphatic rings. The zero-order chi connectivity index (χ0) is 20.8. The lowest BCUT2D eigenvalue weighted by Crippen LogP contribution is -2.50. The standard InChI is InChI=1S/C22H23ClN2O4/c1-28-19-9-6-17(15-20(19)29-2)22(27)25-13-11-24(12-14-25)21(26)10-5-16-3-7-18(23)8-4-16/h3-10,15H,11-14H2,1-2H3/b10-5+. The van der Waals surface area contributed by atoms with Gasteiger partial charge in [-0.2, -0.15) is 0 Å². The van der Waals surface area contributed by atoms with E-state index in [1.165, 1.54) is 7.11 Å². The van der Waals surface area contributed by atoms with Crippen molar-refractivity contribution < 1.29 is 19.1 Å². The molecule has 1 aliphatic heterocycles. The fourth-order valence-corrected chi connectivity index (χ4v) is 3.25. The van der Waals surface area contributed by atoms with Gasteiger partial charge in [0, 0.05) is 42.8 Å². The van der Waals surface area contributed by atoms with Crippen LogP contribution < -0.4 is 9.47 Å². The van der Waals surface area contributed by atoms with Crippen LogP contribution in [0.4, 0.5) is 0 Å². The first-order valence-corrected chi connectivity index (χ1v) is 9.63. The van der Waals surface area contributed by atoms with E-state index in [0.717, 1.165) is 5.56 Å². The molecule has 3 rings (SSSR count). The van der Waals surface area contributed by atoms with E-state index in [4.69, 9.17) is 21.1 Å². The third kappa shape index (κ3) is 5.09. The lowest BCUT2D eigenvalue weighted by Gasteiger charge is -2.34. The number of benzene rings is 2. The van der Waals surface area contributed by atoms with E-state index in [2.05, 4.69) is 0 Å². The Hall–Kier alpha value is -2.99. The lowest BCUT2D eigenvalue weighted by atomic mass is 10.1. The smallest absolute Gasteiger partial charge is 0.254 e. The van der Waals surface area contributed by atoms with Gasteiger partial charge in [-0.3, -0.25) is 9.59 Å². The van der Waals surface area contributed by atoms with E-state index >= 15 is 0 Å². The second-order valence-electron chi connectivity index (χ2n) is 6.57. The minimum Gasteiger partial charge on any atom is -0.493 e. The quantitative estimate of drug-likeness (QED) is 0.704. The van der Waals surface area contributed by atoms with Gasteiger partial charge in [-0.15, -0.1) is 0 Å². The second kappa shape index (κ2) is 9.47. The molecular weight excluding hydrogens is 392 g/mol. The molecule has 7 heteroatoms. The molecule has 0 saturated carbocycles. The van der Waals surface area contributed by atoms with E-state index in [1.807, 2.05) is 12.1 Å². The molecule has 2 aromatic rings. The van der Waals surface area contributed by atoms with Gasteiger partial charge in [-0.1, -0.05) is 23.7 Å². The Balaban J connectivity index is 1.57. The van der Waals surface area contributed by atoms with Crippen molar-refractivity contribution in [3.63, 3.8) is 0 Å². The number of rotatable bonds is 5. The Bertz CT molecular complexity index is 904. The maximum atomic E-state index is 12.8. The van der Waals surface area contributed by atoms with Crippen molar-refractivity contribution in [2.45, 2.75) is 0 Å². The molecule has 0 radical (unpaired) electrons. The Morgan fingerprint density at radius 2 is 1.52 bits per heavy atom. The highest BCUT2D eigenvalue weighted by Gasteiger charge is 2.24. The molecule has 152 valence electrons. The summed E-state index contributed by atoms with van der Waals surface area (Å²) in [5.74, 6) is 0.930. The summed E-state index contributed by atoms with van der Waals surface area (Å²) in [5, 5.41) is 0.656. The zero-order valence-electron chi connectivity index (χ0n) is 16.4. The summed E-state index contributed by atoms with van der Waals surface area (Å²) in [5.41, 5.74) is 1.44. The number of amides is 2. The van der Waals surface area contributed by atoms with Crippen LogP contribution in [0.15, 0.2) is 48.5 Å². The van der Waals surface area contributed by atoms with Gasteiger partial charge < -0.3 is 19.3 Å². The van der Waals surface area contributed by atoms with Gasteiger partial charge in [0.05, 0.1) is 14.2 Å². The summed E-state index contributed by atoms with van der Waals surface area (Å²) in [6, 6.07) is 12.4. The van der Waals surface area contributed by atoms with Crippen molar-refractivity contribution in [1.29, 1.82) is 0 Å². The molecular formula is C22H23ClN2O4. The summed E-state index contributed by atoms with van der Waals surface area (Å²) >= 11 is 5.87. The van der Waals surface area contributed by atoms with Crippen LogP contribution in [0.2, 0.25) is 5.02 Å². The van der Waals surface area contributed by atoms with Gasteiger partial charge in [0.25, 0.3) is 5.91 Å². The molecule has 0 spiro atoms. The van der Waals surface area contributed by atoms with Crippen molar-refractivity contribution in [2.75, 3.05) is 40.4 Å². The van der Waals surface area contributed by atoms with E-state index in [0.29, 0.717) is 48.3 Å². The van der Waals surface area contributed by atoms with Crippen LogP contribution in [0.3, 0.4) is 0 Å². The van der Waals surface area contributed by atoms with Crippen LogP contribution in [0.25, 0.3) is 6.08 Å². The lowest BCUT2D eigenvalue weighted by molar-refractivity contribution is -0.127. The Kier molecular flexibility index (Phi) is 6.77. The average Bonchev–Trinajstić information content (AvgIpc) is 2.77. The van der Waals surface area contributed by atoms with Gasteiger partial charge >= 0.3 is 0 Å². The van der Waals surface area contributed by atoms with Crippen LogP contribution in [-0.4, -0.2) is 62.0 Å². The third-order valence-corrected chi connectivity index (χ3v) is 5.05. The van der Waals surface area contributed by atoms with Crippen LogP contribution in [0.5, 0.6) is 11.5 Å². The monoisotopic (exact) mass is 414 g/mol. The minimum atomic E-state index is -0.0882. The first-order chi connectivity index (χ1) is 14.0. The summed E-state index contributed by atoms with van der Waals surface area (Å²) in [6.07, 6.45) is 3.31. The Morgan fingerprint density at radius 3 is 2.14 bits per heavy atom. The molecule has 6 nitrogen and oxygen atoms in total. The molecule has 0 N–H and O–H groups in total. The molecule has 2 amide bonds. The maximum Gasteiger partial charge on any atom is 0.254 e. The van der Waals surface area contributed by atoms with E-state index in [1.54, 1.807) is 59.4 Å². The second-order valence-corrected chi connectivity index (χ2v) is 7.01. The van der Waals surface area contributed by atoms with Crippen LogP contribution in [0, 0.1) is 0 Å². The van der Waals surface area contributed by atoms with Crippen molar-refractivity contribution in [2.24, 2.45) is 0 Å². The fraction of sp³-hybridized carbons (Fsp3) is 0.273. The number of hydrogen-bond acceptors (Lipinski definition) is 4. The Labute approximate surface area is 175 Å². The van der Waals surface area contributed by atoms with E-state index in [-0.39, 0.29) is 11.8 Å². The van der Waals surface area contributed by atoms with Crippen molar-refractivity contribution in [3.8, 4) is 11.5 Å². The number of halogens is 1. The third-order valence-electron chi connectivity index (χ3n) is 4.80. The molecule has 1 heterocycles. The highest BCUT2D eigenvalue weighted by Crippen LogP contribution is 2.28.